The molecular weight excluding hydrogens is 384 g/mol. The lowest BCUT2D eigenvalue weighted by atomic mass is 9.99. The second-order valence-electron chi connectivity index (χ2n) is 8.59. The van der Waals surface area contributed by atoms with Gasteiger partial charge in [0.1, 0.15) is 11.3 Å². The molecule has 0 radical (unpaired) electrons. The molecule has 2 aromatic heterocycles. The number of nitrogens with one attached hydrogen (secondary N) is 1. The van der Waals surface area contributed by atoms with Gasteiger partial charge < -0.3 is 9.73 Å². The smallest absolute Gasteiger partial charge is 0.196 e. The fraction of sp³-hybridized carbons (Fsp3) is 0.259. The van der Waals surface area contributed by atoms with Crippen LogP contribution in [0.15, 0.2) is 70.0 Å². The SMILES string of the molecule is Cc1cc([C@@H](C)Nc2ccc(C3CC3)nc2)c2oc(-c3ccccc3)c(C)c(=O)c2c1. The monoisotopic (exact) mass is 410 g/mol. The van der Waals surface area contributed by atoms with Crippen molar-refractivity contribution in [3.05, 3.63) is 93.4 Å². The van der Waals surface area contributed by atoms with Crippen LogP contribution in [0.4, 0.5) is 5.69 Å². The molecule has 0 bridgehead atoms. The van der Waals surface area contributed by atoms with Gasteiger partial charge in [0, 0.05) is 28.3 Å². The van der Waals surface area contributed by atoms with E-state index >= 15 is 0 Å². The number of hydrogen-bond donors (Lipinski definition) is 1. The van der Waals surface area contributed by atoms with Crippen LogP contribution >= 0.6 is 0 Å². The molecular formula is C27H26N2O2. The molecule has 0 saturated heterocycles. The summed E-state index contributed by atoms with van der Waals surface area (Å²) in [4.78, 5) is 17.8. The summed E-state index contributed by atoms with van der Waals surface area (Å²) < 4.78 is 6.41. The number of aryl methyl sites for hydroxylation is 1. The zero-order valence-electron chi connectivity index (χ0n) is 18.1. The zero-order chi connectivity index (χ0) is 21.5. The summed E-state index contributed by atoms with van der Waals surface area (Å²) in [6, 6.07) is 18.0. The van der Waals surface area contributed by atoms with Gasteiger partial charge in [0.2, 0.25) is 0 Å². The average Bonchev–Trinajstić information content (AvgIpc) is 3.63. The molecule has 4 heteroatoms. The maximum absolute atomic E-state index is 13.2. The van der Waals surface area contributed by atoms with Crippen molar-refractivity contribution in [2.24, 2.45) is 0 Å². The molecule has 1 fully saturated rings. The molecule has 156 valence electrons. The van der Waals surface area contributed by atoms with Crippen LogP contribution in [0.3, 0.4) is 0 Å². The molecule has 2 aromatic carbocycles. The first-order chi connectivity index (χ1) is 15.0. The third-order valence-corrected chi connectivity index (χ3v) is 6.06. The van der Waals surface area contributed by atoms with Crippen molar-refractivity contribution in [2.75, 3.05) is 5.32 Å². The predicted molar refractivity (Wildman–Crippen MR) is 126 cm³/mol. The first-order valence-electron chi connectivity index (χ1n) is 10.9. The van der Waals surface area contributed by atoms with Crippen molar-refractivity contribution in [1.82, 2.24) is 4.98 Å². The molecule has 31 heavy (non-hydrogen) atoms. The average molecular weight is 411 g/mol. The van der Waals surface area contributed by atoms with Crippen molar-refractivity contribution in [2.45, 2.75) is 45.6 Å². The predicted octanol–water partition coefficient (Wildman–Crippen LogP) is 6.52. The Labute approximate surface area is 182 Å². The van der Waals surface area contributed by atoms with Gasteiger partial charge in [0.25, 0.3) is 0 Å². The molecule has 0 aliphatic heterocycles. The van der Waals surface area contributed by atoms with Gasteiger partial charge in [-0.15, -0.1) is 0 Å². The quantitative estimate of drug-likeness (QED) is 0.407. The molecule has 4 nitrogen and oxygen atoms in total. The Kier molecular flexibility index (Phi) is 4.85. The Hall–Kier alpha value is -3.40. The summed E-state index contributed by atoms with van der Waals surface area (Å²) in [5, 5.41) is 4.16. The van der Waals surface area contributed by atoms with Crippen LogP contribution in [0.2, 0.25) is 0 Å². The summed E-state index contributed by atoms with van der Waals surface area (Å²) in [7, 11) is 0. The molecule has 1 aliphatic rings. The number of fused-ring (bicyclic) bond motifs is 1. The van der Waals surface area contributed by atoms with E-state index in [4.69, 9.17) is 4.42 Å². The number of aromatic nitrogens is 1. The molecule has 0 unspecified atom stereocenters. The van der Waals surface area contributed by atoms with E-state index in [9.17, 15) is 4.79 Å². The lowest BCUT2D eigenvalue weighted by Crippen LogP contribution is -2.12. The van der Waals surface area contributed by atoms with Gasteiger partial charge in [0.15, 0.2) is 5.43 Å². The van der Waals surface area contributed by atoms with Crippen LogP contribution in [-0.2, 0) is 0 Å². The maximum atomic E-state index is 13.2. The highest BCUT2D eigenvalue weighted by atomic mass is 16.3. The third-order valence-electron chi connectivity index (χ3n) is 6.06. The number of nitrogens with zero attached hydrogens (tertiary/aromatic N) is 1. The summed E-state index contributed by atoms with van der Waals surface area (Å²) >= 11 is 0. The van der Waals surface area contributed by atoms with E-state index < -0.39 is 0 Å². The highest BCUT2D eigenvalue weighted by Crippen LogP contribution is 2.39. The maximum Gasteiger partial charge on any atom is 0.196 e. The topological polar surface area (TPSA) is 55.1 Å². The molecule has 0 amide bonds. The molecule has 0 spiro atoms. The lowest BCUT2D eigenvalue weighted by molar-refractivity contribution is 0.605. The van der Waals surface area contributed by atoms with E-state index in [0.29, 0.717) is 28.2 Å². The Morgan fingerprint density at radius 3 is 2.52 bits per heavy atom. The van der Waals surface area contributed by atoms with Crippen LogP contribution in [0.25, 0.3) is 22.3 Å². The summed E-state index contributed by atoms with van der Waals surface area (Å²) in [6.45, 7) is 5.94. The van der Waals surface area contributed by atoms with Gasteiger partial charge in [0.05, 0.1) is 23.3 Å². The Morgan fingerprint density at radius 2 is 1.84 bits per heavy atom. The van der Waals surface area contributed by atoms with E-state index in [1.54, 1.807) is 0 Å². The van der Waals surface area contributed by atoms with Gasteiger partial charge in [-0.1, -0.05) is 36.4 Å². The first kappa shape index (κ1) is 19.6. The molecule has 1 saturated carbocycles. The number of anilines is 1. The highest BCUT2D eigenvalue weighted by molar-refractivity contribution is 5.84. The number of benzene rings is 2. The molecule has 1 aliphatic carbocycles. The van der Waals surface area contributed by atoms with Gasteiger partial charge in [-0.25, -0.2) is 0 Å². The van der Waals surface area contributed by atoms with Crippen LogP contribution < -0.4 is 10.7 Å². The van der Waals surface area contributed by atoms with Gasteiger partial charge in [-0.3, -0.25) is 9.78 Å². The van der Waals surface area contributed by atoms with Gasteiger partial charge in [-0.2, -0.15) is 0 Å². The molecule has 1 N–H and O–H groups in total. The summed E-state index contributed by atoms with van der Waals surface area (Å²) in [5.41, 5.74) is 6.35. The fourth-order valence-electron chi connectivity index (χ4n) is 4.19. The Morgan fingerprint density at radius 1 is 1.06 bits per heavy atom. The second-order valence-corrected chi connectivity index (χ2v) is 8.59. The minimum atomic E-state index is -0.0505. The lowest BCUT2D eigenvalue weighted by Gasteiger charge is -2.19. The van der Waals surface area contributed by atoms with E-state index in [-0.39, 0.29) is 11.5 Å². The van der Waals surface area contributed by atoms with E-state index in [1.165, 1.54) is 18.5 Å². The van der Waals surface area contributed by atoms with Crippen molar-refractivity contribution >= 4 is 16.7 Å². The normalized spacial score (nSPS) is 14.5. The van der Waals surface area contributed by atoms with Crippen molar-refractivity contribution in [3.63, 3.8) is 0 Å². The van der Waals surface area contributed by atoms with Gasteiger partial charge >= 0.3 is 0 Å². The highest BCUT2D eigenvalue weighted by Gasteiger charge is 2.24. The molecule has 5 rings (SSSR count). The fourth-order valence-corrected chi connectivity index (χ4v) is 4.19. The van der Waals surface area contributed by atoms with Crippen LogP contribution in [0, 0.1) is 13.8 Å². The number of rotatable bonds is 5. The number of pyridine rings is 1. The van der Waals surface area contributed by atoms with Crippen LogP contribution in [-0.4, -0.2) is 4.98 Å². The second kappa shape index (κ2) is 7.69. The zero-order valence-corrected chi connectivity index (χ0v) is 18.1. The first-order valence-corrected chi connectivity index (χ1v) is 10.9. The standard InChI is InChI=1S/C27H26N2O2/c1-16-13-22(18(3)29-21-11-12-24(28-15-21)19-9-10-19)27-23(14-16)25(30)17(2)26(31-27)20-7-5-4-6-8-20/h4-8,11-15,18-19,29H,9-10H2,1-3H3/t18-/m1/s1. The Bertz CT molecular complexity index is 1300. The van der Waals surface area contributed by atoms with Crippen molar-refractivity contribution in [1.29, 1.82) is 0 Å². The van der Waals surface area contributed by atoms with Crippen LogP contribution in [0.1, 0.15) is 54.1 Å². The molecule has 4 aromatic rings. The van der Waals surface area contributed by atoms with E-state index in [0.717, 1.165) is 22.4 Å². The van der Waals surface area contributed by atoms with Crippen molar-refractivity contribution in [3.8, 4) is 11.3 Å². The molecule has 2 heterocycles. The molecule has 1 atom stereocenters. The van der Waals surface area contributed by atoms with E-state index in [2.05, 4.69) is 35.4 Å². The number of hydrogen-bond acceptors (Lipinski definition) is 4. The minimum absolute atomic E-state index is 0.0210. The van der Waals surface area contributed by atoms with Crippen LogP contribution in [0.5, 0.6) is 0 Å². The third kappa shape index (κ3) is 3.74. The minimum Gasteiger partial charge on any atom is -0.455 e. The summed E-state index contributed by atoms with van der Waals surface area (Å²) in [5.74, 6) is 1.27. The Balaban J connectivity index is 1.58. The summed E-state index contributed by atoms with van der Waals surface area (Å²) in [6.07, 6.45) is 4.39. The van der Waals surface area contributed by atoms with Gasteiger partial charge in [-0.05, 0) is 57.4 Å². The van der Waals surface area contributed by atoms with Crippen molar-refractivity contribution < 1.29 is 4.42 Å². The van der Waals surface area contributed by atoms with E-state index in [1.807, 2.05) is 56.4 Å². The largest absolute Gasteiger partial charge is 0.455 e.